The van der Waals surface area contributed by atoms with Crippen molar-refractivity contribution in [2.75, 3.05) is 33.9 Å². The van der Waals surface area contributed by atoms with Crippen molar-refractivity contribution >= 4 is 5.78 Å². The summed E-state index contributed by atoms with van der Waals surface area (Å²) in [6, 6.07) is 5.37. The second-order valence-electron chi connectivity index (χ2n) is 4.50. The molecule has 0 radical (unpaired) electrons. The van der Waals surface area contributed by atoms with Crippen LogP contribution in [0.25, 0.3) is 0 Å². The van der Waals surface area contributed by atoms with Gasteiger partial charge in [0.2, 0.25) is 0 Å². The minimum atomic E-state index is 0. The predicted molar refractivity (Wildman–Crippen MR) is 76.3 cm³/mol. The van der Waals surface area contributed by atoms with E-state index in [0.29, 0.717) is 36.7 Å². The maximum atomic E-state index is 12.1. The molecule has 0 fully saturated rings. The molecule has 0 heterocycles. The van der Waals surface area contributed by atoms with Crippen LogP contribution < -0.4 is 21.9 Å². The third-order valence-corrected chi connectivity index (χ3v) is 2.65. The molecule has 0 aliphatic carbocycles. The number of rotatable bonds is 8. The largest absolute Gasteiger partial charge is 1.00 e. The van der Waals surface area contributed by atoms with Crippen LogP contribution in [0.1, 0.15) is 30.6 Å². The highest BCUT2D eigenvalue weighted by Gasteiger charge is 2.11. The van der Waals surface area contributed by atoms with Crippen LogP contribution in [-0.4, -0.2) is 44.5 Å². The first-order valence-electron chi connectivity index (χ1n) is 6.66. The Balaban J connectivity index is 0.00000361. The number of ketones is 1. The van der Waals surface area contributed by atoms with E-state index in [1.165, 1.54) is 0 Å². The summed E-state index contributed by atoms with van der Waals surface area (Å²) in [7, 11) is 3.91. The maximum Gasteiger partial charge on any atom is 0.164 e. The summed E-state index contributed by atoms with van der Waals surface area (Å²) in [6.07, 6.45) is 0.506. The zero-order valence-electron chi connectivity index (χ0n) is 12.6. The van der Waals surface area contributed by atoms with Gasteiger partial charge in [-0.25, -0.2) is 0 Å². The van der Waals surface area contributed by atoms with Gasteiger partial charge in [-0.15, -0.1) is 0 Å². The summed E-state index contributed by atoms with van der Waals surface area (Å²) in [5.74, 6) is 1.45. The van der Waals surface area contributed by atoms with Crippen molar-refractivity contribution in [3.05, 3.63) is 23.8 Å². The summed E-state index contributed by atoms with van der Waals surface area (Å²) in [4.78, 5) is 14.0. The second-order valence-corrected chi connectivity index (χ2v) is 4.50. The summed E-state index contributed by atoms with van der Waals surface area (Å²) in [6.45, 7) is 5.71. The molecule has 1 aromatic carbocycles. The minimum Gasteiger partial charge on any atom is -1.00 e. The normalized spacial score (nSPS) is 10.1. The Bertz CT molecular complexity index is 422. The highest BCUT2D eigenvalue weighted by molar-refractivity contribution is 5.96. The monoisotopic (exact) mass is 300 g/mol. The molecule has 5 heteroatoms. The molecule has 0 saturated heterocycles. The molecule has 1 rings (SSSR count). The fraction of sp³-hybridized carbons (Fsp3) is 0.533. The first kappa shape index (κ1) is 18.7. The van der Waals surface area contributed by atoms with E-state index in [1.807, 2.05) is 32.8 Å². The van der Waals surface area contributed by atoms with Crippen LogP contribution >= 0.6 is 0 Å². The fourth-order valence-electron chi connectivity index (χ4n) is 1.69. The molecule has 0 amide bonds. The van der Waals surface area contributed by atoms with Gasteiger partial charge in [0.05, 0.1) is 13.2 Å². The Kier molecular flexibility index (Phi) is 9.01. The smallest absolute Gasteiger partial charge is 0.164 e. The Labute approximate surface area is 127 Å². The zero-order valence-corrected chi connectivity index (χ0v) is 13.4. The van der Waals surface area contributed by atoms with E-state index in [2.05, 4.69) is 0 Å². The topological polar surface area (TPSA) is 38.8 Å². The van der Waals surface area contributed by atoms with Crippen LogP contribution in [-0.2, 0) is 0 Å². The summed E-state index contributed by atoms with van der Waals surface area (Å²) >= 11 is 0. The molecule has 0 aromatic heterocycles. The number of Topliss-reactive ketones (excluding diaryl/α,β-unsaturated/α-hetero) is 1. The highest BCUT2D eigenvalue weighted by Crippen LogP contribution is 2.28. The third kappa shape index (κ3) is 5.80. The Morgan fingerprint density at radius 2 is 1.70 bits per heavy atom. The van der Waals surface area contributed by atoms with Crippen molar-refractivity contribution in [2.24, 2.45) is 0 Å². The second kappa shape index (κ2) is 9.61. The van der Waals surface area contributed by atoms with E-state index in [9.17, 15) is 4.79 Å². The lowest BCUT2D eigenvalue weighted by Gasteiger charge is -2.13. The molecule has 0 saturated carbocycles. The minimum absolute atomic E-state index is 0. The highest BCUT2D eigenvalue weighted by atomic mass is 35.5. The third-order valence-electron chi connectivity index (χ3n) is 2.65. The Morgan fingerprint density at radius 3 is 2.25 bits per heavy atom. The fourth-order valence-corrected chi connectivity index (χ4v) is 1.69. The van der Waals surface area contributed by atoms with Crippen molar-refractivity contribution in [2.45, 2.75) is 20.3 Å². The van der Waals surface area contributed by atoms with E-state index in [4.69, 9.17) is 9.47 Å². The van der Waals surface area contributed by atoms with Gasteiger partial charge >= 0.3 is 0 Å². The van der Waals surface area contributed by atoms with Gasteiger partial charge in [0.25, 0.3) is 0 Å². The average Bonchev–Trinajstić information content (AvgIpc) is 2.38. The van der Waals surface area contributed by atoms with Gasteiger partial charge < -0.3 is 26.8 Å². The number of carbonyl (C=O) groups excluding carboxylic acids is 1. The number of hydrogen-bond donors (Lipinski definition) is 0. The molecular weight excluding hydrogens is 278 g/mol. The number of ether oxygens (including phenoxy) is 2. The van der Waals surface area contributed by atoms with Crippen LogP contribution in [0.5, 0.6) is 11.5 Å². The van der Waals surface area contributed by atoms with Crippen LogP contribution in [0.2, 0.25) is 0 Å². The molecule has 0 aliphatic rings. The van der Waals surface area contributed by atoms with Gasteiger partial charge in [0.1, 0.15) is 0 Å². The summed E-state index contributed by atoms with van der Waals surface area (Å²) in [5, 5.41) is 0. The number of halogens is 1. The molecule has 0 spiro atoms. The summed E-state index contributed by atoms with van der Waals surface area (Å²) < 4.78 is 11.0. The summed E-state index contributed by atoms with van der Waals surface area (Å²) in [5.41, 5.74) is 0.675. The van der Waals surface area contributed by atoms with Crippen molar-refractivity contribution in [3.63, 3.8) is 0 Å². The van der Waals surface area contributed by atoms with Gasteiger partial charge in [-0.3, -0.25) is 4.79 Å². The molecule has 0 bridgehead atoms. The molecular formula is C15H23ClNO3-. The number of benzene rings is 1. The quantitative estimate of drug-likeness (QED) is 0.614. The van der Waals surface area contributed by atoms with E-state index < -0.39 is 0 Å². The van der Waals surface area contributed by atoms with Crippen LogP contribution in [0, 0.1) is 0 Å². The van der Waals surface area contributed by atoms with Crippen LogP contribution in [0.3, 0.4) is 0 Å². The van der Waals surface area contributed by atoms with Gasteiger partial charge in [-0.1, -0.05) is 0 Å². The molecule has 114 valence electrons. The lowest BCUT2D eigenvalue weighted by Crippen LogP contribution is -3.00. The lowest BCUT2D eigenvalue weighted by atomic mass is 10.1. The van der Waals surface area contributed by atoms with Gasteiger partial charge in [-0.2, -0.15) is 0 Å². The van der Waals surface area contributed by atoms with Gasteiger partial charge in [0, 0.05) is 18.5 Å². The van der Waals surface area contributed by atoms with E-state index in [0.717, 1.165) is 6.54 Å². The molecule has 20 heavy (non-hydrogen) atoms. The molecule has 0 N–H and O–H groups in total. The first-order chi connectivity index (χ1) is 9.08. The maximum absolute atomic E-state index is 12.1. The standard InChI is InChI=1S/C15H23NO3.ClH/c1-5-18-14-8-7-12(11-15(14)19-6-2)13(17)9-10-16(3)4;/h7-8,11H,5-6,9-10H2,1-4H3;1H/p-1. The van der Waals surface area contributed by atoms with Crippen molar-refractivity contribution in [1.29, 1.82) is 0 Å². The number of hydrogen-bond acceptors (Lipinski definition) is 4. The van der Waals surface area contributed by atoms with Crippen molar-refractivity contribution < 1.29 is 26.7 Å². The molecule has 0 unspecified atom stereocenters. The van der Waals surface area contributed by atoms with E-state index in [-0.39, 0.29) is 18.2 Å². The molecule has 0 atom stereocenters. The molecule has 4 nitrogen and oxygen atoms in total. The predicted octanol–water partition coefficient (Wildman–Crippen LogP) is -0.378. The van der Waals surface area contributed by atoms with Crippen LogP contribution in [0.15, 0.2) is 18.2 Å². The van der Waals surface area contributed by atoms with E-state index in [1.54, 1.807) is 18.2 Å². The Morgan fingerprint density at radius 1 is 1.10 bits per heavy atom. The Hall–Kier alpha value is -1.26. The lowest BCUT2D eigenvalue weighted by molar-refractivity contribution is -0.0000129. The van der Waals surface area contributed by atoms with Crippen LogP contribution in [0.4, 0.5) is 0 Å². The van der Waals surface area contributed by atoms with E-state index >= 15 is 0 Å². The average molecular weight is 301 g/mol. The zero-order chi connectivity index (χ0) is 14.3. The van der Waals surface area contributed by atoms with Crippen molar-refractivity contribution in [3.8, 4) is 11.5 Å². The molecule has 0 aliphatic heterocycles. The number of nitrogens with zero attached hydrogens (tertiary/aromatic N) is 1. The number of carbonyl (C=O) groups is 1. The first-order valence-corrected chi connectivity index (χ1v) is 6.66. The van der Waals surface area contributed by atoms with Gasteiger partial charge in [0.15, 0.2) is 17.3 Å². The van der Waals surface area contributed by atoms with Crippen molar-refractivity contribution in [1.82, 2.24) is 4.90 Å². The SMILES string of the molecule is CCOc1ccc(C(=O)CCN(C)C)cc1OCC.[Cl-]. The molecule has 1 aromatic rings. The van der Waals surface area contributed by atoms with Gasteiger partial charge in [-0.05, 0) is 46.1 Å².